The Morgan fingerprint density at radius 3 is 0.667 bits per heavy atom. The van der Waals surface area contributed by atoms with Gasteiger partial charge in [0.15, 0.2) is 0 Å². The minimum absolute atomic E-state index is 0.139. The summed E-state index contributed by atoms with van der Waals surface area (Å²) < 4.78 is 57.3. The molecule has 1 unspecified atom stereocenters. The van der Waals surface area contributed by atoms with E-state index in [1.165, 1.54) is 199 Å². The van der Waals surface area contributed by atoms with E-state index < -0.39 is 15.6 Å². The summed E-state index contributed by atoms with van der Waals surface area (Å²) >= 11 is 0. The Bertz CT molecular complexity index is 914. The number of hydrogen-bond donors (Lipinski definition) is 0. The van der Waals surface area contributed by atoms with Gasteiger partial charge >= 0.3 is 15.6 Å². The van der Waals surface area contributed by atoms with Crippen molar-refractivity contribution < 1.29 is 31.5 Å². The highest BCUT2D eigenvalue weighted by atomic mass is 31.3. The summed E-state index contributed by atoms with van der Waals surface area (Å²) in [6.07, 6.45) is 50.1. The van der Waals surface area contributed by atoms with Crippen LogP contribution in [0.1, 0.15) is 298 Å². The number of unbranched alkanes of at least 4 members (excludes halogenated alkanes) is 37. The monoisotopic (exact) mass is 893 g/mol. The Morgan fingerprint density at radius 1 is 0.283 bits per heavy atom. The maximum Gasteiger partial charge on any atom is 0.483 e. The highest BCUT2D eigenvalue weighted by molar-refractivity contribution is 7.62. The van der Waals surface area contributed by atoms with Gasteiger partial charge in [-0.05, 0) is 24.7 Å². The van der Waals surface area contributed by atoms with E-state index in [0.29, 0.717) is 0 Å². The van der Waals surface area contributed by atoms with Crippen molar-refractivity contribution in [2.45, 2.75) is 298 Å². The predicted molar refractivity (Wildman–Crippen MR) is 261 cm³/mol. The van der Waals surface area contributed by atoms with Crippen LogP contribution < -0.4 is 0 Å². The molecule has 362 valence electrons. The van der Waals surface area contributed by atoms with Crippen molar-refractivity contribution >= 4 is 15.6 Å². The molecule has 7 nitrogen and oxygen atoms in total. The van der Waals surface area contributed by atoms with Gasteiger partial charge < -0.3 is 0 Å². The molecule has 0 aromatic rings. The minimum atomic E-state index is -4.21. The van der Waals surface area contributed by atoms with Gasteiger partial charge in [0.2, 0.25) is 0 Å². The molecule has 9 heteroatoms. The summed E-state index contributed by atoms with van der Waals surface area (Å²) in [5.74, 6) is 0. The fourth-order valence-corrected chi connectivity index (χ4v) is 11.1. The first-order chi connectivity index (χ1) is 29.1. The second kappa shape index (κ2) is 44.5. The molecule has 0 aromatic heterocycles. The molecule has 1 atom stereocenters. The zero-order valence-electron chi connectivity index (χ0n) is 41.4. The molecule has 0 aliphatic heterocycles. The minimum Gasteiger partial charge on any atom is -0.287 e. The summed E-state index contributed by atoms with van der Waals surface area (Å²) in [5.41, 5.74) is -0.284. The highest BCUT2D eigenvalue weighted by Crippen LogP contribution is 2.66. The molecule has 0 fully saturated rings. The van der Waals surface area contributed by atoms with Crippen molar-refractivity contribution in [2.75, 3.05) is 26.4 Å². The van der Waals surface area contributed by atoms with E-state index in [0.717, 1.165) is 57.8 Å². The van der Waals surface area contributed by atoms with Crippen LogP contribution in [0.4, 0.5) is 0 Å². The van der Waals surface area contributed by atoms with Crippen LogP contribution in [0.3, 0.4) is 0 Å². The number of rotatable bonds is 50. The van der Waals surface area contributed by atoms with Crippen molar-refractivity contribution in [3.63, 3.8) is 0 Å². The highest BCUT2D eigenvalue weighted by Gasteiger charge is 2.41. The van der Waals surface area contributed by atoms with E-state index in [1.54, 1.807) is 0 Å². The molecule has 0 heterocycles. The molecule has 0 saturated heterocycles. The summed E-state index contributed by atoms with van der Waals surface area (Å²) in [6.45, 7) is 13.6. The van der Waals surface area contributed by atoms with Gasteiger partial charge in [-0.25, -0.2) is 9.13 Å². The summed E-state index contributed by atoms with van der Waals surface area (Å²) in [6, 6.07) is 0. The molecule has 0 bridgehead atoms. The Morgan fingerprint density at radius 2 is 0.467 bits per heavy atom. The summed E-state index contributed by atoms with van der Waals surface area (Å²) in [5, 5.41) is 0. The van der Waals surface area contributed by atoms with Crippen LogP contribution in [0.2, 0.25) is 0 Å². The first-order valence-corrected chi connectivity index (χ1v) is 29.5. The van der Waals surface area contributed by atoms with Crippen LogP contribution in [0.25, 0.3) is 0 Å². The number of phosphoric ester groups is 2. The molecule has 0 spiro atoms. The average Bonchev–Trinajstić information content (AvgIpc) is 3.21. The third kappa shape index (κ3) is 44.9. The predicted octanol–water partition coefficient (Wildman–Crippen LogP) is 20.0. The topological polar surface area (TPSA) is 80.3 Å². The van der Waals surface area contributed by atoms with Gasteiger partial charge in [0.05, 0.1) is 26.4 Å². The molecular weight excluding hydrogens is 787 g/mol. The van der Waals surface area contributed by atoms with Crippen LogP contribution in [-0.4, -0.2) is 26.4 Å². The molecule has 60 heavy (non-hydrogen) atoms. The molecule has 0 amide bonds. The molecule has 0 aliphatic carbocycles. The van der Waals surface area contributed by atoms with Gasteiger partial charge in [0.25, 0.3) is 0 Å². The molecular formula is C51H106O7P2. The standard InChI is InChI=1S/C51H106O7P2/c1-7-10-13-16-19-22-24-26-28-30-32-34-36-39-42-44-47-54-59(52,55-48-45-43-40-37-35-33-31-29-27-25-23-20-17-14-11-8-2)58-60(53,57-50-51(4,5)6)56-49-46-41-38-21-18-15-12-9-3/h7-50H2,1-6H3. The van der Waals surface area contributed by atoms with Crippen molar-refractivity contribution in [1.82, 2.24) is 0 Å². The maximum atomic E-state index is 14.1. The van der Waals surface area contributed by atoms with Crippen LogP contribution in [0, 0.1) is 5.41 Å². The zero-order valence-corrected chi connectivity index (χ0v) is 43.2. The maximum absolute atomic E-state index is 14.1. The quantitative estimate of drug-likeness (QED) is 0.0444. The number of hydrogen-bond acceptors (Lipinski definition) is 7. The van der Waals surface area contributed by atoms with Gasteiger partial charge in [-0.3, -0.25) is 18.1 Å². The van der Waals surface area contributed by atoms with Crippen LogP contribution in [-0.2, 0) is 31.5 Å². The Labute approximate surface area is 376 Å². The zero-order chi connectivity index (χ0) is 44.1. The molecule has 0 aliphatic rings. The average molecular weight is 893 g/mol. The lowest BCUT2D eigenvalue weighted by Crippen LogP contribution is -2.15. The van der Waals surface area contributed by atoms with E-state index >= 15 is 0 Å². The largest absolute Gasteiger partial charge is 0.483 e. The molecule has 0 aromatic carbocycles. The van der Waals surface area contributed by atoms with Gasteiger partial charge in [-0.2, -0.15) is 4.31 Å². The van der Waals surface area contributed by atoms with Gasteiger partial charge in [0, 0.05) is 0 Å². The first kappa shape index (κ1) is 60.3. The lowest BCUT2D eigenvalue weighted by atomic mass is 9.99. The smallest absolute Gasteiger partial charge is 0.287 e. The van der Waals surface area contributed by atoms with E-state index in [2.05, 4.69) is 20.8 Å². The lowest BCUT2D eigenvalue weighted by molar-refractivity contribution is 0.0877. The van der Waals surface area contributed by atoms with Crippen molar-refractivity contribution in [3.8, 4) is 0 Å². The molecule has 0 N–H and O–H groups in total. The normalized spacial score (nSPS) is 13.4. The SMILES string of the molecule is CCCCCCCCCCCCCCCCCCOP(=O)(OCCCCCCCCCCCCCCCCCC)OP(=O)(OCCCCCCCCCC)OCC(C)(C)C. The third-order valence-electron chi connectivity index (χ3n) is 11.6. The fraction of sp³-hybridized carbons (Fsp3) is 1.00. The van der Waals surface area contributed by atoms with Crippen molar-refractivity contribution in [2.24, 2.45) is 5.41 Å². The third-order valence-corrected chi connectivity index (χ3v) is 15.1. The van der Waals surface area contributed by atoms with E-state index in [4.69, 9.17) is 22.4 Å². The van der Waals surface area contributed by atoms with Gasteiger partial charge in [-0.15, -0.1) is 0 Å². The van der Waals surface area contributed by atoms with Crippen molar-refractivity contribution in [3.05, 3.63) is 0 Å². The van der Waals surface area contributed by atoms with Gasteiger partial charge in [-0.1, -0.05) is 279 Å². The first-order valence-electron chi connectivity index (χ1n) is 26.6. The Balaban J connectivity index is 4.75. The van der Waals surface area contributed by atoms with E-state index in [9.17, 15) is 9.13 Å². The van der Waals surface area contributed by atoms with Crippen LogP contribution in [0.15, 0.2) is 0 Å². The second-order valence-electron chi connectivity index (χ2n) is 19.4. The molecule has 0 radical (unpaired) electrons. The van der Waals surface area contributed by atoms with Gasteiger partial charge in [0.1, 0.15) is 0 Å². The van der Waals surface area contributed by atoms with E-state index in [-0.39, 0.29) is 31.8 Å². The number of phosphoric acid groups is 2. The molecule has 0 rings (SSSR count). The Hall–Kier alpha value is 0.260. The summed E-state index contributed by atoms with van der Waals surface area (Å²) in [4.78, 5) is 0. The Kier molecular flexibility index (Phi) is 44.7. The molecule has 0 saturated carbocycles. The van der Waals surface area contributed by atoms with E-state index in [1.807, 2.05) is 20.8 Å². The fourth-order valence-electron chi connectivity index (χ4n) is 7.63. The van der Waals surface area contributed by atoms with Crippen LogP contribution in [0.5, 0.6) is 0 Å². The second-order valence-corrected chi connectivity index (χ2v) is 22.9. The summed E-state index contributed by atoms with van der Waals surface area (Å²) in [7, 11) is -8.40. The van der Waals surface area contributed by atoms with Crippen molar-refractivity contribution in [1.29, 1.82) is 0 Å². The lowest BCUT2D eigenvalue weighted by Gasteiger charge is -2.26. The van der Waals surface area contributed by atoms with Crippen LogP contribution >= 0.6 is 15.6 Å².